The molecule has 0 unspecified atom stereocenters. The standard InChI is InChI=1S/C16H12O4S/c17-13-14(18)16(12-9-5-2-6-10-12)21(19,20)15(13)11-7-3-1-4-8-11/h1-10,15-16H/t15-,16-/m1/s1. The van der Waals surface area contributed by atoms with Crippen LogP contribution in [0.1, 0.15) is 21.6 Å². The molecule has 0 aliphatic carbocycles. The second-order valence-electron chi connectivity index (χ2n) is 4.90. The van der Waals surface area contributed by atoms with Crippen LogP contribution in [0.3, 0.4) is 0 Å². The summed E-state index contributed by atoms with van der Waals surface area (Å²) in [6, 6.07) is 16.3. The average Bonchev–Trinajstić information content (AvgIpc) is 2.66. The summed E-state index contributed by atoms with van der Waals surface area (Å²) >= 11 is 0. The van der Waals surface area contributed by atoms with E-state index in [2.05, 4.69) is 0 Å². The van der Waals surface area contributed by atoms with Crippen molar-refractivity contribution in [3.8, 4) is 0 Å². The van der Waals surface area contributed by atoms with Crippen molar-refractivity contribution in [3.63, 3.8) is 0 Å². The molecular formula is C16H12O4S. The maximum Gasteiger partial charge on any atom is 0.222 e. The Morgan fingerprint density at radius 1 is 0.619 bits per heavy atom. The monoisotopic (exact) mass is 300 g/mol. The third kappa shape index (κ3) is 2.10. The van der Waals surface area contributed by atoms with Gasteiger partial charge in [0.1, 0.15) is 0 Å². The Hall–Kier alpha value is -2.27. The Morgan fingerprint density at radius 2 is 0.952 bits per heavy atom. The fourth-order valence-corrected chi connectivity index (χ4v) is 4.80. The molecule has 2 aromatic rings. The molecule has 1 aliphatic rings. The molecule has 3 rings (SSSR count). The van der Waals surface area contributed by atoms with Crippen molar-refractivity contribution >= 4 is 21.4 Å². The summed E-state index contributed by atoms with van der Waals surface area (Å²) in [4.78, 5) is 24.4. The maximum absolute atomic E-state index is 12.7. The molecule has 5 heteroatoms. The maximum atomic E-state index is 12.7. The molecule has 4 nitrogen and oxygen atoms in total. The van der Waals surface area contributed by atoms with E-state index in [4.69, 9.17) is 0 Å². The van der Waals surface area contributed by atoms with E-state index in [1.54, 1.807) is 60.7 Å². The van der Waals surface area contributed by atoms with Crippen molar-refractivity contribution in [2.45, 2.75) is 10.5 Å². The Labute approximate surface area is 122 Å². The fraction of sp³-hybridized carbons (Fsp3) is 0.125. The van der Waals surface area contributed by atoms with Crippen LogP contribution in [-0.2, 0) is 19.4 Å². The second-order valence-corrected chi connectivity index (χ2v) is 7.02. The molecule has 2 aromatic carbocycles. The first-order valence-corrected chi connectivity index (χ1v) is 8.05. The highest BCUT2D eigenvalue weighted by molar-refractivity contribution is 7.94. The normalized spacial score (nSPS) is 24.2. The molecule has 21 heavy (non-hydrogen) atoms. The number of sulfone groups is 1. The van der Waals surface area contributed by atoms with Crippen LogP contribution >= 0.6 is 0 Å². The number of hydrogen-bond acceptors (Lipinski definition) is 4. The molecule has 106 valence electrons. The van der Waals surface area contributed by atoms with Gasteiger partial charge in [0.15, 0.2) is 20.3 Å². The largest absolute Gasteiger partial charge is 0.289 e. The zero-order valence-electron chi connectivity index (χ0n) is 11.0. The van der Waals surface area contributed by atoms with E-state index in [9.17, 15) is 18.0 Å². The predicted octanol–water partition coefficient (Wildman–Crippen LogP) is 2.04. The Balaban J connectivity index is 2.15. The van der Waals surface area contributed by atoms with Gasteiger partial charge in [-0.05, 0) is 11.1 Å². The lowest BCUT2D eigenvalue weighted by Crippen LogP contribution is -2.15. The molecule has 1 heterocycles. The molecule has 0 bridgehead atoms. The van der Waals surface area contributed by atoms with Crippen LogP contribution in [-0.4, -0.2) is 20.0 Å². The Kier molecular flexibility index (Phi) is 3.22. The van der Waals surface area contributed by atoms with E-state index in [1.807, 2.05) is 0 Å². The SMILES string of the molecule is O=C1C(=O)[C@@H](c2ccccc2)S(=O)(=O)[C@@H]1c1ccccc1. The Morgan fingerprint density at radius 3 is 1.29 bits per heavy atom. The lowest BCUT2D eigenvalue weighted by atomic mass is 10.0. The van der Waals surface area contributed by atoms with Gasteiger partial charge in [0, 0.05) is 0 Å². The van der Waals surface area contributed by atoms with Crippen molar-refractivity contribution in [3.05, 3.63) is 71.8 Å². The van der Waals surface area contributed by atoms with Crippen LogP contribution < -0.4 is 0 Å². The lowest BCUT2D eigenvalue weighted by molar-refractivity contribution is -0.135. The van der Waals surface area contributed by atoms with Crippen LogP contribution in [0.15, 0.2) is 60.7 Å². The van der Waals surface area contributed by atoms with E-state index in [1.165, 1.54) is 0 Å². The van der Waals surface area contributed by atoms with E-state index in [-0.39, 0.29) is 0 Å². The minimum atomic E-state index is -3.93. The molecule has 1 saturated heterocycles. The van der Waals surface area contributed by atoms with E-state index < -0.39 is 31.9 Å². The highest BCUT2D eigenvalue weighted by Gasteiger charge is 2.55. The molecule has 0 N–H and O–H groups in total. The number of hydrogen-bond donors (Lipinski definition) is 0. The number of Topliss-reactive ketones (excluding diaryl/α,β-unsaturated/α-hetero) is 2. The van der Waals surface area contributed by atoms with E-state index in [0.29, 0.717) is 11.1 Å². The van der Waals surface area contributed by atoms with Crippen LogP contribution in [0, 0.1) is 0 Å². The Bertz CT molecular complexity index is 731. The van der Waals surface area contributed by atoms with Crippen molar-refractivity contribution in [1.29, 1.82) is 0 Å². The van der Waals surface area contributed by atoms with Crippen LogP contribution in [0.25, 0.3) is 0 Å². The number of ketones is 2. The van der Waals surface area contributed by atoms with Gasteiger partial charge in [-0.15, -0.1) is 0 Å². The third-order valence-electron chi connectivity index (χ3n) is 3.58. The summed E-state index contributed by atoms with van der Waals surface area (Å²) in [7, 11) is -3.93. The second kappa shape index (κ2) is 4.93. The molecule has 1 aliphatic heterocycles. The number of rotatable bonds is 2. The molecule has 0 saturated carbocycles. The summed E-state index contributed by atoms with van der Waals surface area (Å²) in [6.07, 6.45) is 0. The number of carbonyl (C=O) groups is 2. The van der Waals surface area contributed by atoms with Gasteiger partial charge in [-0.3, -0.25) is 9.59 Å². The molecule has 0 radical (unpaired) electrons. The zero-order chi connectivity index (χ0) is 15.0. The quantitative estimate of drug-likeness (QED) is 0.796. The van der Waals surface area contributed by atoms with Crippen molar-refractivity contribution in [2.24, 2.45) is 0 Å². The highest BCUT2D eigenvalue weighted by atomic mass is 32.2. The van der Waals surface area contributed by atoms with Gasteiger partial charge in [-0.2, -0.15) is 0 Å². The molecule has 0 aromatic heterocycles. The van der Waals surface area contributed by atoms with Gasteiger partial charge in [0.2, 0.25) is 11.6 Å². The molecular weight excluding hydrogens is 288 g/mol. The summed E-state index contributed by atoms with van der Waals surface area (Å²) in [5.74, 6) is -1.70. The first-order chi connectivity index (χ1) is 10.0. The van der Waals surface area contributed by atoms with Gasteiger partial charge in [-0.1, -0.05) is 60.7 Å². The minimum Gasteiger partial charge on any atom is -0.289 e. The molecule has 0 spiro atoms. The summed E-state index contributed by atoms with van der Waals surface area (Å²) in [5, 5.41) is -2.78. The molecule has 1 fully saturated rings. The first kappa shape index (κ1) is 13.7. The third-order valence-corrected chi connectivity index (χ3v) is 5.87. The van der Waals surface area contributed by atoms with Crippen molar-refractivity contribution in [1.82, 2.24) is 0 Å². The van der Waals surface area contributed by atoms with Crippen LogP contribution in [0.4, 0.5) is 0 Å². The van der Waals surface area contributed by atoms with Gasteiger partial charge in [0.05, 0.1) is 0 Å². The average molecular weight is 300 g/mol. The van der Waals surface area contributed by atoms with Gasteiger partial charge >= 0.3 is 0 Å². The van der Waals surface area contributed by atoms with Crippen LogP contribution in [0.5, 0.6) is 0 Å². The summed E-state index contributed by atoms with van der Waals surface area (Å²) in [5.41, 5.74) is 0.684. The number of carbonyl (C=O) groups excluding carboxylic acids is 2. The predicted molar refractivity (Wildman–Crippen MR) is 77.3 cm³/mol. The fourth-order valence-electron chi connectivity index (χ4n) is 2.63. The van der Waals surface area contributed by atoms with Crippen LogP contribution in [0.2, 0.25) is 0 Å². The minimum absolute atomic E-state index is 0.342. The van der Waals surface area contributed by atoms with Gasteiger partial charge in [0.25, 0.3) is 0 Å². The van der Waals surface area contributed by atoms with E-state index >= 15 is 0 Å². The zero-order valence-corrected chi connectivity index (χ0v) is 11.8. The summed E-state index contributed by atoms with van der Waals surface area (Å²) < 4.78 is 25.3. The van der Waals surface area contributed by atoms with Crippen molar-refractivity contribution < 1.29 is 18.0 Å². The number of benzene rings is 2. The highest BCUT2D eigenvalue weighted by Crippen LogP contribution is 2.42. The topological polar surface area (TPSA) is 68.3 Å². The van der Waals surface area contributed by atoms with E-state index in [0.717, 1.165) is 0 Å². The first-order valence-electron chi connectivity index (χ1n) is 6.44. The smallest absolute Gasteiger partial charge is 0.222 e. The lowest BCUT2D eigenvalue weighted by Gasteiger charge is -2.11. The van der Waals surface area contributed by atoms with Crippen molar-refractivity contribution in [2.75, 3.05) is 0 Å². The van der Waals surface area contributed by atoms with Gasteiger partial charge < -0.3 is 0 Å². The molecule has 2 atom stereocenters. The molecule has 0 amide bonds. The summed E-state index contributed by atoms with van der Waals surface area (Å²) in [6.45, 7) is 0. The van der Waals surface area contributed by atoms with Gasteiger partial charge in [-0.25, -0.2) is 8.42 Å².